The summed E-state index contributed by atoms with van der Waals surface area (Å²) in [6, 6.07) is 14.8. The van der Waals surface area contributed by atoms with Crippen molar-refractivity contribution in [3.63, 3.8) is 0 Å². The number of hydrogen-bond donors (Lipinski definition) is 1. The van der Waals surface area contributed by atoms with Crippen LogP contribution in [0.3, 0.4) is 0 Å². The second kappa shape index (κ2) is 8.62. The molecule has 1 aromatic heterocycles. The number of aryl methyl sites for hydroxylation is 1. The number of nitrogens with one attached hydrogen (secondary N) is 1. The number of anilines is 2. The molecule has 1 unspecified atom stereocenters. The molecule has 4 rings (SSSR count). The third-order valence-corrected chi connectivity index (χ3v) is 5.88. The molecule has 2 heterocycles. The van der Waals surface area contributed by atoms with Crippen LogP contribution in [0.5, 0.6) is 5.75 Å². The minimum Gasteiger partial charge on any atom is -0.494 e. The van der Waals surface area contributed by atoms with Gasteiger partial charge in [0.1, 0.15) is 10.8 Å². The molecule has 154 valence electrons. The van der Waals surface area contributed by atoms with Gasteiger partial charge in [-0.05, 0) is 55.8 Å². The van der Waals surface area contributed by atoms with E-state index in [1.807, 2.05) is 38.1 Å². The molecule has 1 N–H and O–H groups in total. The molecule has 8 heteroatoms. The SMILES string of the molecule is CCOc1ccc(C(=O)Nc2nnc(C3CC(=O)N(c4cccc(C)c4)C3)s2)cc1. The van der Waals surface area contributed by atoms with Crippen molar-refractivity contribution < 1.29 is 14.3 Å². The first kappa shape index (κ1) is 20.0. The van der Waals surface area contributed by atoms with E-state index in [-0.39, 0.29) is 17.7 Å². The first-order chi connectivity index (χ1) is 14.5. The molecule has 2 amide bonds. The van der Waals surface area contributed by atoms with Gasteiger partial charge in [0.2, 0.25) is 11.0 Å². The van der Waals surface area contributed by atoms with Crippen molar-refractivity contribution in [2.24, 2.45) is 0 Å². The number of carbonyl (C=O) groups is 2. The number of ether oxygens (including phenoxy) is 1. The largest absolute Gasteiger partial charge is 0.494 e. The van der Waals surface area contributed by atoms with Gasteiger partial charge in [-0.15, -0.1) is 10.2 Å². The minimum atomic E-state index is -0.260. The van der Waals surface area contributed by atoms with Gasteiger partial charge in [-0.2, -0.15) is 0 Å². The number of hydrogen-bond acceptors (Lipinski definition) is 6. The summed E-state index contributed by atoms with van der Waals surface area (Å²) in [5, 5.41) is 12.3. The van der Waals surface area contributed by atoms with Crippen molar-refractivity contribution in [3.05, 3.63) is 64.7 Å². The highest BCUT2D eigenvalue weighted by molar-refractivity contribution is 7.15. The highest BCUT2D eigenvalue weighted by Gasteiger charge is 2.34. The van der Waals surface area contributed by atoms with Crippen LogP contribution in [0, 0.1) is 6.92 Å². The fourth-order valence-electron chi connectivity index (χ4n) is 3.41. The Morgan fingerprint density at radius 1 is 1.23 bits per heavy atom. The fourth-order valence-corrected chi connectivity index (χ4v) is 4.24. The van der Waals surface area contributed by atoms with Crippen LogP contribution >= 0.6 is 11.3 Å². The average molecular weight is 423 g/mol. The molecule has 3 aromatic rings. The molecule has 30 heavy (non-hydrogen) atoms. The van der Waals surface area contributed by atoms with Crippen molar-refractivity contribution in [3.8, 4) is 5.75 Å². The molecule has 1 aliphatic heterocycles. The smallest absolute Gasteiger partial charge is 0.257 e. The quantitative estimate of drug-likeness (QED) is 0.649. The lowest BCUT2D eigenvalue weighted by molar-refractivity contribution is -0.117. The summed E-state index contributed by atoms with van der Waals surface area (Å²) >= 11 is 1.31. The molecule has 1 saturated heterocycles. The molecule has 0 aliphatic carbocycles. The summed E-state index contributed by atoms with van der Waals surface area (Å²) in [7, 11) is 0. The Morgan fingerprint density at radius 3 is 2.77 bits per heavy atom. The Kier molecular flexibility index (Phi) is 5.76. The van der Waals surface area contributed by atoms with E-state index in [9.17, 15) is 9.59 Å². The summed E-state index contributed by atoms with van der Waals surface area (Å²) in [5.41, 5.74) is 2.52. The van der Waals surface area contributed by atoms with E-state index in [2.05, 4.69) is 15.5 Å². The van der Waals surface area contributed by atoms with Crippen molar-refractivity contribution in [1.29, 1.82) is 0 Å². The Balaban J connectivity index is 1.41. The van der Waals surface area contributed by atoms with E-state index >= 15 is 0 Å². The van der Waals surface area contributed by atoms with Gasteiger partial charge in [0.15, 0.2) is 0 Å². The van der Waals surface area contributed by atoms with Crippen molar-refractivity contribution >= 4 is 34.0 Å². The predicted molar refractivity (Wildman–Crippen MR) is 116 cm³/mol. The van der Waals surface area contributed by atoms with Crippen LogP contribution in [0.25, 0.3) is 0 Å². The zero-order valence-corrected chi connectivity index (χ0v) is 17.6. The van der Waals surface area contributed by atoms with Crippen molar-refractivity contribution in [1.82, 2.24) is 10.2 Å². The number of aromatic nitrogens is 2. The molecule has 2 aromatic carbocycles. The second-order valence-corrected chi connectivity index (χ2v) is 8.11. The van der Waals surface area contributed by atoms with E-state index in [0.717, 1.165) is 22.0 Å². The molecule has 0 spiro atoms. The van der Waals surface area contributed by atoms with Gasteiger partial charge in [-0.3, -0.25) is 14.9 Å². The van der Waals surface area contributed by atoms with E-state index < -0.39 is 0 Å². The molecule has 1 fully saturated rings. The maximum absolute atomic E-state index is 12.5. The normalized spacial score (nSPS) is 16.0. The molecule has 7 nitrogen and oxygen atoms in total. The van der Waals surface area contributed by atoms with Crippen molar-refractivity contribution in [2.45, 2.75) is 26.2 Å². The molecular formula is C22H22N4O3S. The summed E-state index contributed by atoms with van der Waals surface area (Å²) in [5.74, 6) is 0.494. The third kappa shape index (κ3) is 4.33. The van der Waals surface area contributed by atoms with Crippen LogP contribution in [-0.4, -0.2) is 35.2 Å². The van der Waals surface area contributed by atoms with Gasteiger partial charge in [0.05, 0.1) is 6.61 Å². The number of amides is 2. The van der Waals surface area contributed by atoms with Crippen LogP contribution in [0.15, 0.2) is 48.5 Å². The Morgan fingerprint density at radius 2 is 2.03 bits per heavy atom. The maximum Gasteiger partial charge on any atom is 0.257 e. The topological polar surface area (TPSA) is 84.4 Å². The number of rotatable bonds is 6. The highest BCUT2D eigenvalue weighted by atomic mass is 32.1. The summed E-state index contributed by atoms with van der Waals surface area (Å²) in [4.78, 5) is 26.8. The highest BCUT2D eigenvalue weighted by Crippen LogP contribution is 2.34. The number of benzene rings is 2. The molecule has 0 saturated carbocycles. The van der Waals surface area contributed by atoms with E-state index in [4.69, 9.17) is 4.74 Å². The van der Waals surface area contributed by atoms with Crippen LogP contribution in [0.1, 0.15) is 40.2 Å². The molecule has 0 radical (unpaired) electrons. The van der Waals surface area contributed by atoms with Crippen molar-refractivity contribution in [2.75, 3.05) is 23.4 Å². The molecule has 1 aliphatic rings. The second-order valence-electron chi connectivity index (χ2n) is 7.10. The van der Waals surface area contributed by atoms with Crippen LogP contribution in [-0.2, 0) is 4.79 Å². The zero-order chi connectivity index (χ0) is 21.1. The first-order valence-electron chi connectivity index (χ1n) is 9.78. The summed E-state index contributed by atoms with van der Waals surface area (Å²) in [6.45, 7) is 5.05. The molecular weight excluding hydrogens is 400 g/mol. The third-order valence-electron chi connectivity index (χ3n) is 4.88. The summed E-state index contributed by atoms with van der Waals surface area (Å²) < 4.78 is 5.39. The average Bonchev–Trinajstić information content (AvgIpc) is 3.35. The maximum atomic E-state index is 12.5. The lowest BCUT2D eigenvalue weighted by Crippen LogP contribution is -2.24. The van der Waals surface area contributed by atoms with Crippen LogP contribution in [0.4, 0.5) is 10.8 Å². The van der Waals surface area contributed by atoms with Gasteiger partial charge >= 0.3 is 0 Å². The Labute approximate surface area is 178 Å². The van der Waals surface area contributed by atoms with E-state index in [1.54, 1.807) is 29.2 Å². The molecule has 0 bridgehead atoms. The summed E-state index contributed by atoms with van der Waals surface area (Å²) in [6.07, 6.45) is 0.384. The van der Waals surface area contributed by atoms with Gasteiger partial charge in [-0.1, -0.05) is 23.5 Å². The molecule has 1 atom stereocenters. The lowest BCUT2D eigenvalue weighted by Gasteiger charge is -2.16. The van der Waals surface area contributed by atoms with Gasteiger partial charge < -0.3 is 9.64 Å². The van der Waals surface area contributed by atoms with Gasteiger partial charge in [0, 0.05) is 30.1 Å². The number of carbonyl (C=O) groups excluding carboxylic acids is 2. The van der Waals surface area contributed by atoms with Gasteiger partial charge in [-0.25, -0.2) is 0 Å². The first-order valence-corrected chi connectivity index (χ1v) is 10.6. The standard InChI is InChI=1S/C22H22N4O3S/c1-3-29-18-9-7-15(8-10-18)20(28)23-22-25-24-21(30-22)16-12-19(27)26(13-16)17-6-4-5-14(2)11-17/h4-11,16H,3,12-13H2,1-2H3,(H,23,25,28). The van der Waals surface area contributed by atoms with E-state index in [1.165, 1.54) is 11.3 Å². The monoisotopic (exact) mass is 422 g/mol. The Bertz CT molecular complexity index is 1060. The fraction of sp³-hybridized carbons (Fsp3) is 0.273. The lowest BCUT2D eigenvalue weighted by atomic mass is 10.1. The Hall–Kier alpha value is -3.26. The number of nitrogens with zero attached hydrogens (tertiary/aromatic N) is 3. The van der Waals surface area contributed by atoms with Crippen LogP contribution < -0.4 is 15.0 Å². The minimum absolute atomic E-state index is 0.0355. The van der Waals surface area contributed by atoms with Crippen LogP contribution in [0.2, 0.25) is 0 Å². The van der Waals surface area contributed by atoms with Gasteiger partial charge in [0.25, 0.3) is 5.91 Å². The van der Waals surface area contributed by atoms with E-state index in [0.29, 0.717) is 30.3 Å². The zero-order valence-electron chi connectivity index (χ0n) is 16.8. The predicted octanol–water partition coefficient (Wildman–Crippen LogP) is 4.02.